The molecule has 1 atom stereocenters. The number of hydrogen-bond donors (Lipinski definition) is 2. The van der Waals surface area contributed by atoms with Crippen LogP contribution in [0.15, 0.2) is 12.3 Å². The Bertz CT molecular complexity index is 496. The average molecular weight is 281 g/mol. The van der Waals surface area contributed by atoms with Crippen molar-refractivity contribution in [3.05, 3.63) is 23.6 Å². The molecule has 0 spiro atoms. The lowest BCUT2D eigenvalue weighted by Gasteiger charge is -2.35. The van der Waals surface area contributed by atoms with Crippen LogP contribution in [0.4, 0.5) is 10.2 Å². The van der Waals surface area contributed by atoms with Gasteiger partial charge in [0.05, 0.1) is 5.56 Å². The fourth-order valence-electron chi connectivity index (χ4n) is 2.52. The summed E-state index contributed by atoms with van der Waals surface area (Å²) >= 11 is 0. The molecule has 1 aliphatic rings. The summed E-state index contributed by atoms with van der Waals surface area (Å²) < 4.78 is 14.1. The number of nitrogens with zero attached hydrogens (tertiary/aromatic N) is 3. The molecule has 1 unspecified atom stereocenters. The van der Waals surface area contributed by atoms with Gasteiger partial charge in [0.25, 0.3) is 5.91 Å². The second kappa shape index (κ2) is 6.15. The Morgan fingerprint density at radius 1 is 1.65 bits per heavy atom. The predicted octanol–water partition coefficient (Wildman–Crippen LogP) is 0.672. The average Bonchev–Trinajstić information content (AvgIpc) is 2.46. The molecule has 1 fully saturated rings. The number of carbonyl (C=O) groups excluding carboxylic acids is 1. The van der Waals surface area contributed by atoms with E-state index in [0.717, 1.165) is 25.9 Å². The van der Waals surface area contributed by atoms with Crippen molar-refractivity contribution in [1.29, 1.82) is 0 Å². The Hall–Kier alpha value is -1.73. The first kappa shape index (κ1) is 14.7. The van der Waals surface area contributed by atoms with Crippen LogP contribution >= 0.6 is 0 Å². The number of piperidine rings is 1. The largest absolute Gasteiger partial charge is 0.337 e. The summed E-state index contributed by atoms with van der Waals surface area (Å²) in [6.45, 7) is 1.83. The number of aromatic nitrogens is 1. The molecule has 0 aliphatic carbocycles. The van der Waals surface area contributed by atoms with Gasteiger partial charge >= 0.3 is 0 Å². The SMILES string of the molecule is CN1CCCC(N(C)C(=O)c2ccnc(NN)c2F)C1. The van der Waals surface area contributed by atoms with Crippen LogP contribution in [0.25, 0.3) is 0 Å². The molecule has 0 bridgehead atoms. The summed E-state index contributed by atoms with van der Waals surface area (Å²) in [5.74, 6) is 3.99. The number of nitrogen functional groups attached to an aromatic ring is 1. The third kappa shape index (κ3) is 2.88. The first-order valence-electron chi connectivity index (χ1n) is 6.61. The zero-order valence-electron chi connectivity index (χ0n) is 11.8. The Balaban J connectivity index is 2.18. The number of likely N-dealkylation sites (N-methyl/N-ethyl adjacent to an activating group) is 2. The first-order chi connectivity index (χ1) is 9.54. The number of nitrogens with one attached hydrogen (secondary N) is 1. The number of carbonyl (C=O) groups is 1. The minimum atomic E-state index is -0.712. The van der Waals surface area contributed by atoms with E-state index in [1.807, 2.05) is 7.05 Å². The molecule has 110 valence electrons. The molecule has 3 N–H and O–H groups in total. The number of pyridine rings is 1. The zero-order chi connectivity index (χ0) is 14.7. The minimum absolute atomic E-state index is 0.0105. The van der Waals surface area contributed by atoms with Crippen molar-refractivity contribution in [1.82, 2.24) is 14.8 Å². The van der Waals surface area contributed by atoms with E-state index < -0.39 is 5.82 Å². The molecule has 2 heterocycles. The van der Waals surface area contributed by atoms with Gasteiger partial charge in [-0.25, -0.2) is 15.2 Å². The van der Waals surface area contributed by atoms with Crippen LogP contribution in [0.5, 0.6) is 0 Å². The third-order valence-electron chi connectivity index (χ3n) is 3.72. The quantitative estimate of drug-likeness (QED) is 0.629. The molecular weight excluding hydrogens is 261 g/mol. The van der Waals surface area contributed by atoms with Crippen LogP contribution in [0.2, 0.25) is 0 Å². The third-order valence-corrected chi connectivity index (χ3v) is 3.72. The number of amides is 1. The molecular formula is C13H20FN5O. The van der Waals surface area contributed by atoms with Gasteiger partial charge in [-0.05, 0) is 32.5 Å². The molecule has 20 heavy (non-hydrogen) atoms. The van der Waals surface area contributed by atoms with Crippen molar-refractivity contribution < 1.29 is 9.18 Å². The van der Waals surface area contributed by atoms with Crippen LogP contribution in [0, 0.1) is 5.82 Å². The fourth-order valence-corrected chi connectivity index (χ4v) is 2.52. The van der Waals surface area contributed by atoms with Gasteiger partial charge in [0.15, 0.2) is 11.6 Å². The number of hydrazine groups is 1. The van der Waals surface area contributed by atoms with Crippen LogP contribution in [-0.4, -0.2) is 53.9 Å². The van der Waals surface area contributed by atoms with Crippen LogP contribution in [0.1, 0.15) is 23.2 Å². The summed E-state index contributed by atoms with van der Waals surface area (Å²) in [5.41, 5.74) is 2.14. The number of rotatable bonds is 3. The van der Waals surface area contributed by atoms with E-state index in [1.54, 1.807) is 11.9 Å². The van der Waals surface area contributed by atoms with Gasteiger partial charge < -0.3 is 15.2 Å². The highest BCUT2D eigenvalue weighted by molar-refractivity contribution is 5.95. The minimum Gasteiger partial charge on any atom is -0.337 e. The molecule has 1 saturated heterocycles. The van der Waals surface area contributed by atoms with Gasteiger partial charge in [0.2, 0.25) is 0 Å². The highest BCUT2D eigenvalue weighted by Crippen LogP contribution is 2.19. The van der Waals surface area contributed by atoms with E-state index in [4.69, 9.17) is 5.84 Å². The van der Waals surface area contributed by atoms with E-state index in [2.05, 4.69) is 15.3 Å². The van der Waals surface area contributed by atoms with Gasteiger partial charge in [-0.15, -0.1) is 0 Å². The van der Waals surface area contributed by atoms with Crippen molar-refractivity contribution in [2.24, 2.45) is 5.84 Å². The molecule has 2 rings (SSSR count). The summed E-state index contributed by atoms with van der Waals surface area (Å²) in [6, 6.07) is 1.48. The maximum atomic E-state index is 14.1. The Morgan fingerprint density at radius 3 is 3.05 bits per heavy atom. The van der Waals surface area contributed by atoms with Crippen molar-refractivity contribution in [2.75, 3.05) is 32.6 Å². The predicted molar refractivity (Wildman–Crippen MR) is 74.6 cm³/mol. The van der Waals surface area contributed by atoms with E-state index in [0.29, 0.717) is 0 Å². The van der Waals surface area contributed by atoms with Crippen LogP contribution in [0.3, 0.4) is 0 Å². The molecule has 1 aliphatic heterocycles. The standard InChI is InChI=1S/C13H20FN5O/c1-18-7-3-4-9(8-18)19(2)13(20)10-5-6-16-12(17-15)11(10)14/h5-6,9H,3-4,7-8,15H2,1-2H3,(H,16,17). The Morgan fingerprint density at radius 2 is 2.40 bits per heavy atom. The number of anilines is 1. The smallest absolute Gasteiger partial charge is 0.257 e. The number of hydrogen-bond acceptors (Lipinski definition) is 5. The van der Waals surface area contributed by atoms with E-state index >= 15 is 0 Å². The number of nitrogens with two attached hydrogens (primary N) is 1. The van der Waals surface area contributed by atoms with E-state index in [1.165, 1.54) is 12.3 Å². The maximum Gasteiger partial charge on any atom is 0.257 e. The van der Waals surface area contributed by atoms with Gasteiger partial charge in [0.1, 0.15) is 0 Å². The monoisotopic (exact) mass is 281 g/mol. The molecule has 1 amide bonds. The summed E-state index contributed by atoms with van der Waals surface area (Å²) in [6.07, 6.45) is 3.33. The van der Waals surface area contributed by atoms with E-state index in [9.17, 15) is 9.18 Å². The molecule has 1 aromatic heterocycles. The second-order valence-electron chi connectivity index (χ2n) is 5.14. The highest BCUT2D eigenvalue weighted by Gasteiger charge is 2.27. The number of halogens is 1. The molecule has 6 nitrogen and oxygen atoms in total. The molecule has 0 saturated carbocycles. The molecule has 1 aromatic rings. The van der Waals surface area contributed by atoms with Gasteiger partial charge in [-0.2, -0.15) is 0 Å². The zero-order valence-corrected chi connectivity index (χ0v) is 11.8. The van der Waals surface area contributed by atoms with Crippen molar-refractivity contribution in [3.8, 4) is 0 Å². The van der Waals surface area contributed by atoms with Crippen LogP contribution < -0.4 is 11.3 Å². The topological polar surface area (TPSA) is 74.5 Å². The summed E-state index contributed by atoms with van der Waals surface area (Å²) in [4.78, 5) is 19.9. The Labute approximate surface area is 117 Å². The molecule has 0 aromatic carbocycles. The lowest BCUT2D eigenvalue weighted by atomic mass is 10.0. The van der Waals surface area contributed by atoms with Gasteiger partial charge in [0, 0.05) is 25.8 Å². The molecule has 7 heteroatoms. The van der Waals surface area contributed by atoms with E-state index in [-0.39, 0.29) is 23.3 Å². The summed E-state index contributed by atoms with van der Waals surface area (Å²) in [7, 11) is 3.73. The fraction of sp³-hybridized carbons (Fsp3) is 0.538. The normalized spacial score (nSPS) is 19.7. The van der Waals surface area contributed by atoms with Crippen LogP contribution in [-0.2, 0) is 0 Å². The lowest BCUT2D eigenvalue weighted by molar-refractivity contribution is 0.0639. The number of likely N-dealkylation sites (tertiary alicyclic amines) is 1. The lowest BCUT2D eigenvalue weighted by Crippen LogP contribution is -2.47. The Kier molecular flexibility index (Phi) is 4.51. The van der Waals surface area contributed by atoms with Crippen molar-refractivity contribution in [2.45, 2.75) is 18.9 Å². The van der Waals surface area contributed by atoms with Gasteiger partial charge in [-0.3, -0.25) is 4.79 Å². The van der Waals surface area contributed by atoms with Crippen molar-refractivity contribution >= 4 is 11.7 Å². The maximum absolute atomic E-state index is 14.1. The molecule has 0 radical (unpaired) electrons. The summed E-state index contributed by atoms with van der Waals surface area (Å²) in [5, 5.41) is 0. The second-order valence-corrected chi connectivity index (χ2v) is 5.14. The highest BCUT2D eigenvalue weighted by atomic mass is 19.1. The first-order valence-corrected chi connectivity index (χ1v) is 6.61. The van der Waals surface area contributed by atoms with Crippen molar-refractivity contribution in [3.63, 3.8) is 0 Å². The van der Waals surface area contributed by atoms with Gasteiger partial charge in [-0.1, -0.05) is 0 Å².